The van der Waals surface area contributed by atoms with Gasteiger partial charge in [0.15, 0.2) is 0 Å². The first-order chi connectivity index (χ1) is 10.1. The van der Waals surface area contributed by atoms with Gasteiger partial charge >= 0.3 is 0 Å². The number of aromatic amines is 1. The van der Waals surface area contributed by atoms with Gasteiger partial charge in [0.25, 0.3) is 0 Å². The van der Waals surface area contributed by atoms with Crippen molar-refractivity contribution in [2.45, 2.75) is 58.5 Å². The van der Waals surface area contributed by atoms with Crippen LogP contribution in [0.1, 0.15) is 49.1 Å². The van der Waals surface area contributed by atoms with Gasteiger partial charge in [-0.15, -0.1) is 0 Å². The van der Waals surface area contributed by atoms with Crippen LogP contribution < -0.4 is 0 Å². The smallest absolute Gasteiger partial charge is 0.222 e. The van der Waals surface area contributed by atoms with E-state index < -0.39 is 0 Å². The third-order valence-electron chi connectivity index (χ3n) is 5.07. The third-order valence-corrected chi connectivity index (χ3v) is 5.07. The lowest BCUT2D eigenvalue weighted by Gasteiger charge is -2.26. The molecule has 0 spiro atoms. The average Bonchev–Trinajstić information content (AvgIpc) is 2.93. The number of likely N-dealkylation sites (tertiary alicyclic amines) is 2. The molecule has 0 aromatic carbocycles. The van der Waals surface area contributed by atoms with Crippen LogP contribution in [0.15, 0.2) is 0 Å². The number of hydrogen-bond donors (Lipinski definition) is 1. The van der Waals surface area contributed by atoms with E-state index in [1.807, 2.05) is 0 Å². The largest absolute Gasteiger partial charge is 0.340 e. The highest BCUT2D eigenvalue weighted by molar-refractivity contribution is 5.78. The van der Waals surface area contributed by atoms with Crippen molar-refractivity contribution in [1.29, 1.82) is 0 Å². The Kier molecular flexibility index (Phi) is 4.29. The van der Waals surface area contributed by atoms with Crippen LogP contribution in [0.4, 0.5) is 0 Å². The first kappa shape index (κ1) is 14.6. The number of aromatic nitrogens is 2. The second kappa shape index (κ2) is 6.18. The van der Waals surface area contributed by atoms with Crippen LogP contribution in [-0.2, 0) is 11.3 Å². The van der Waals surface area contributed by atoms with E-state index in [-0.39, 0.29) is 0 Å². The molecule has 1 aromatic rings. The zero-order valence-corrected chi connectivity index (χ0v) is 13.2. The number of nitrogens with zero attached hydrogens (tertiary/aromatic N) is 3. The fourth-order valence-corrected chi connectivity index (χ4v) is 3.56. The molecule has 2 saturated heterocycles. The summed E-state index contributed by atoms with van der Waals surface area (Å²) in [4.78, 5) is 16.5. The third kappa shape index (κ3) is 3.12. The highest BCUT2D eigenvalue weighted by atomic mass is 16.2. The highest BCUT2D eigenvalue weighted by Crippen LogP contribution is 2.23. The average molecular weight is 290 g/mol. The first-order valence-electron chi connectivity index (χ1n) is 8.17. The Bertz CT molecular complexity index is 510. The molecule has 5 nitrogen and oxygen atoms in total. The topological polar surface area (TPSA) is 52.2 Å². The van der Waals surface area contributed by atoms with Gasteiger partial charge in [0.2, 0.25) is 5.91 Å². The Morgan fingerprint density at radius 1 is 1.19 bits per heavy atom. The molecular weight excluding hydrogens is 264 g/mol. The number of carbonyl (C=O) groups is 1. The summed E-state index contributed by atoms with van der Waals surface area (Å²) in [6.07, 6.45) is 5.24. The number of rotatable bonds is 3. The van der Waals surface area contributed by atoms with Crippen molar-refractivity contribution >= 4 is 5.91 Å². The van der Waals surface area contributed by atoms with E-state index in [4.69, 9.17) is 0 Å². The Labute approximate surface area is 126 Å². The molecule has 1 aromatic heterocycles. The number of nitrogens with one attached hydrogen (secondary N) is 1. The van der Waals surface area contributed by atoms with E-state index in [0.29, 0.717) is 11.9 Å². The lowest BCUT2D eigenvalue weighted by atomic mass is 10.1. The minimum Gasteiger partial charge on any atom is -0.340 e. The number of amides is 1. The molecule has 0 radical (unpaired) electrons. The van der Waals surface area contributed by atoms with Crippen LogP contribution in [0.2, 0.25) is 0 Å². The maximum atomic E-state index is 11.9. The van der Waals surface area contributed by atoms with Crippen molar-refractivity contribution in [1.82, 2.24) is 20.0 Å². The number of aryl methyl sites for hydroxylation is 1. The first-order valence-corrected chi connectivity index (χ1v) is 8.17. The molecule has 2 fully saturated rings. The number of hydrogen-bond acceptors (Lipinski definition) is 3. The summed E-state index contributed by atoms with van der Waals surface area (Å²) >= 11 is 0. The van der Waals surface area contributed by atoms with Crippen molar-refractivity contribution < 1.29 is 4.79 Å². The number of carbonyl (C=O) groups excluding carboxylic acids is 1. The minimum atomic E-state index is 0.368. The fourth-order valence-electron chi connectivity index (χ4n) is 3.56. The molecule has 3 heterocycles. The van der Waals surface area contributed by atoms with Crippen LogP contribution in [0.3, 0.4) is 0 Å². The lowest BCUT2D eigenvalue weighted by molar-refractivity contribution is -0.129. The van der Waals surface area contributed by atoms with E-state index in [2.05, 4.69) is 33.8 Å². The molecule has 21 heavy (non-hydrogen) atoms. The van der Waals surface area contributed by atoms with Gasteiger partial charge in [-0.1, -0.05) is 0 Å². The molecule has 0 saturated carbocycles. The molecule has 1 unspecified atom stereocenters. The van der Waals surface area contributed by atoms with Crippen molar-refractivity contribution in [3.05, 3.63) is 17.0 Å². The summed E-state index contributed by atoms with van der Waals surface area (Å²) in [6, 6.07) is 0.465. The summed E-state index contributed by atoms with van der Waals surface area (Å²) in [5.41, 5.74) is 3.62. The van der Waals surface area contributed by atoms with E-state index >= 15 is 0 Å². The summed E-state index contributed by atoms with van der Waals surface area (Å²) < 4.78 is 0. The summed E-state index contributed by atoms with van der Waals surface area (Å²) in [6.45, 7) is 8.29. The second-order valence-electron chi connectivity index (χ2n) is 6.47. The molecule has 3 rings (SSSR count). The normalized spacial score (nSPS) is 24.6. The Hall–Kier alpha value is -1.36. The number of H-pyrrole nitrogens is 1. The molecule has 1 amide bonds. The van der Waals surface area contributed by atoms with Gasteiger partial charge in [0, 0.05) is 37.8 Å². The van der Waals surface area contributed by atoms with Crippen molar-refractivity contribution in [3.63, 3.8) is 0 Å². The van der Waals surface area contributed by atoms with Crippen LogP contribution in [0.25, 0.3) is 0 Å². The predicted octanol–water partition coefficient (Wildman–Crippen LogP) is 2.00. The van der Waals surface area contributed by atoms with Gasteiger partial charge in [-0.3, -0.25) is 14.8 Å². The molecule has 1 N–H and O–H groups in total. The van der Waals surface area contributed by atoms with E-state index in [0.717, 1.165) is 51.9 Å². The molecule has 1 atom stereocenters. The monoisotopic (exact) mass is 290 g/mol. The summed E-state index contributed by atoms with van der Waals surface area (Å²) in [5, 5.41) is 7.49. The Morgan fingerprint density at radius 2 is 2.05 bits per heavy atom. The van der Waals surface area contributed by atoms with Crippen molar-refractivity contribution in [3.8, 4) is 0 Å². The standard InChI is InChI=1S/C16H26N4O/c1-12-13(2)17-18-15(12)11-19-8-3-5-14(7-10-19)20-9-4-6-16(20)21/h14H,3-11H2,1-2H3,(H,17,18). The zero-order valence-electron chi connectivity index (χ0n) is 13.2. The molecule has 0 bridgehead atoms. The predicted molar refractivity (Wildman–Crippen MR) is 81.9 cm³/mol. The quantitative estimate of drug-likeness (QED) is 0.926. The van der Waals surface area contributed by atoms with Gasteiger partial charge in [-0.05, 0) is 51.6 Å². The SMILES string of the molecule is Cc1[nH]nc(CN2CCCC(N3CCCC3=O)CC2)c1C. The zero-order chi connectivity index (χ0) is 14.8. The summed E-state index contributed by atoms with van der Waals surface area (Å²) in [7, 11) is 0. The molecule has 2 aliphatic rings. The van der Waals surface area contributed by atoms with E-state index in [1.54, 1.807) is 0 Å². The van der Waals surface area contributed by atoms with Crippen molar-refractivity contribution in [2.24, 2.45) is 0 Å². The molecule has 5 heteroatoms. The molecular formula is C16H26N4O. The molecule has 2 aliphatic heterocycles. The van der Waals surface area contributed by atoms with Crippen LogP contribution >= 0.6 is 0 Å². The van der Waals surface area contributed by atoms with Crippen LogP contribution in [-0.4, -0.2) is 51.6 Å². The van der Waals surface area contributed by atoms with Gasteiger partial charge < -0.3 is 4.90 Å². The van der Waals surface area contributed by atoms with Gasteiger partial charge in [0.05, 0.1) is 5.69 Å². The van der Waals surface area contributed by atoms with Crippen LogP contribution in [0, 0.1) is 13.8 Å². The summed E-state index contributed by atoms with van der Waals surface area (Å²) in [5.74, 6) is 0.368. The van der Waals surface area contributed by atoms with Crippen molar-refractivity contribution in [2.75, 3.05) is 19.6 Å². The second-order valence-corrected chi connectivity index (χ2v) is 6.47. The molecule has 0 aliphatic carbocycles. The maximum Gasteiger partial charge on any atom is 0.222 e. The van der Waals surface area contributed by atoms with Gasteiger partial charge in [-0.2, -0.15) is 5.10 Å². The Balaban J connectivity index is 1.58. The Morgan fingerprint density at radius 3 is 2.71 bits per heavy atom. The van der Waals surface area contributed by atoms with Gasteiger partial charge in [0.1, 0.15) is 0 Å². The minimum absolute atomic E-state index is 0.368. The fraction of sp³-hybridized carbons (Fsp3) is 0.750. The lowest BCUT2D eigenvalue weighted by Crippen LogP contribution is -2.37. The highest BCUT2D eigenvalue weighted by Gasteiger charge is 2.29. The van der Waals surface area contributed by atoms with E-state index in [1.165, 1.54) is 23.4 Å². The van der Waals surface area contributed by atoms with Crippen LogP contribution in [0.5, 0.6) is 0 Å². The molecule has 116 valence electrons. The van der Waals surface area contributed by atoms with Gasteiger partial charge in [-0.25, -0.2) is 0 Å². The van der Waals surface area contributed by atoms with E-state index in [9.17, 15) is 4.79 Å². The maximum absolute atomic E-state index is 11.9.